The van der Waals surface area contributed by atoms with Crippen LogP contribution in [-0.2, 0) is 24.4 Å². The number of nitrogens with zero attached hydrogens (tertiary/aromatic N) is 3. The van der Waals surface area contributed by atoms with Gasteiger partial charge in [0.25, 0.3) is 5.91 Å². The van der Waals surface area contributed by atoms with Crippen LogP contribution < -0.4 is 5.46 Å². The summed E-state index contributed by atoms with van der Waals surface area (Å²) in [7, 11) is -0.921. The van der Waals surface area contributed by atoms with E-state index < -0.39 is 7.12 Å². The molecule has 0 atom stereocenters. The van der Waals surface area contributed by atoms with Gasteiger partial charge in [0.2, 0.25) is 0 Å². The first kappa shape index (κ1) is 12.6. The number of hydrogen-bond acceptors (Lipinski definition) is 4. The highest BCUT2D eigenvalue weighted by molar-refractivity contribution is 6.61. The van der Waals surface area contributed by atoms with Crippen molar-refractivity contribution in [3.63, 3.8) is 0 Å². The van der Waals surface area contributed by atoms with E-state index in [9.17, 15) is 9.82 Å². The van der Waals surface area contributed by atoms with Crippen LogP contribution in [0.25, 0.3) is 0 Å². The van der Waals surface area contributed by atoms with Crippen molar-refractivity contribution in [3.05, 3.63) is 47.5 Å². The zero-order valence-corrected chi connectivity index (χ0v) is 11.4. The molecule has 1 amide bonds. The Morgan fingerprint density at radius 3 is 3.19 bits per heavy atom. The Labute approximate surface area is 122 Å². The van der Waals surface area contributed by atoms with Gasteiger partial charge in [0.15, 0.2) is 0 Å². The second kappa shape index (κ2) is 4.72. The van der Waals surface area contributed by atoms with E-state index in [2.05, 4.69) is 9.55 Å². The van der Waals surface area contributed by atoms with Crippen LogP contribution in [0.1, 0.15) is 21.6 Å². The molecule has 4 rings (SSSR count). The van der Waals surface area contributed by atoms with Gasteiger partial charge < -0.3 is 19.1 Å². The number of rotatable bonds is 1. The van der Waals surface area contributed by atoms with Crippen LogP contribution in [-0.4, -0.2) is 39.0 Å². The normalized spacial score (nSPS) is 16.8. The van der Waals surface area contributed by atoms with Crippen LogP contribution in [0.3, 0.4) is 0 Å². The van der Waals surface area contributed by atoms with Crippen LogP contribution in [0, 0.1) is 0 Å². The van der Waals surface area contributed by atoms with E-state index in [4.69, 9.17) is 4.65 Å². The third-order valence-electron chi connectivity index (χ3n) is 4.10. The zero-order valence-electron chi connectivity index (χ0n) is 11.4. The average Bonchev–Trinajstić information content (AvgIpc) is 3.12. The Balaban J connectivity index is 1.60. The number of fused-ring (bicyclic) bond motifs is 2. The number of imidazole rings is 1. The Morgan fingerprint density at radius 2 is 2.29 bits per heavy atom. The van der Waals surface area contributed by atoms with Crippen molar-refractivity contribution in [2.75, 3.05) is 6.54 Å². The first-order valence-electron chi connectivity index (χ1n) is 6.93. The Bertz CT molecular complexity index is 715. The molecule has 6 nitrogen and oxygen atoms in total. The highest BCUT2D eigenvalue weighted by atomic mass is 16.5. The van der Waals surface area contributed by atoms with Gasteiger partial charge in [0.1, 0.15) is 0 Å². The maximum atomic E-state index is 12.6. The average molecular weight is 283 g/mol. The van der Waals surface area contributed by atoms with E-state index in [1.54, 1.807) is 29.6 Å². The van der Waals surface area contributed by atoms with E-state index in [0.29, 0.717) is 30.7 Å². The highest BCUT2D eigenvalue weighted by Crippen LogP contribution is 2.17. The van der Waals surface area contributed by atoms with Crippen LogP contribution in [0.5, 0.6) is 0 Å². The minimum Gasteiger partial charge on any atom is -0.423 e. The van der Waals surface area contributed by atoms with Crippen molar-refractivity contribution in [2.45, 2.75) is 19.7 Å². The number of benzene rings is 1. The fraction of sp³-hybridized carbons (Fsp3) is 0.286. The molecule has 1 aromatic carbocycles. The summed E-state index contributed by atoms with van der Waals surface area (Å²) in [5.41, 5.74) is 3.27. The fourth-order valence-corrected chi connectivity index (χ4v) is 2.89. The van der Waals surface area contributed by atoms with Gasteiger partial charge in [-0.15, -0.1) is 0 Å². The van der Waals surface area contributed by atoms with Gasteiger partial charge in [-0.25, -0.2) is 4.98 Å². The summed E-state index contributed by atoms with van der Waals surface area (Å²) in [4.78, 5) is 18.5. The van der Waals surface area contributed by atoms with Crippen molar-refractivity contribution in [2.24, 2.45) is 0 Å². The molecular formula is C14H14BN3O3. The molecule has 106 valence electrons. The van der Waals surface area contributed by atoms with Gasteiger partial charge in [0, 0.05) is 24.8 Å². The van der Waals surface area contributed by atoms with Crippen molar-refractivity contribution in [3.8, 4) is 0 Å². The van der Waals surface area contributed by atoms with E-state index in [1.807, 2.05) is 6.07 Å². The Hall–Kier alpha value is -2.12. The maximum Gasteiger partial charge on any atom is 0.491 e. The monoisotopic (exact) mass is 283 g/mol. The van der Waals surface area contributed by atoms with Crippen molar-refractivity contribution >= 4 is 18.5 Å². The topological polar surface area (TPSA) is 67.6 Å². The molecule has 1 N–H and O–H groups in total. The highest BCUT2D eigenvalue weighted by Gasteiger charge is 2.29. The molecule has 0 spiro atoms. The molecule has 0 aliphatic carbocycles. The molecule has 2 aromatic rings. The van der Waals surface area contributed by atoms with Crippen LogP contribution >= 0.6 is 0 Å². The van der Waals surface area contributed by atoms with Gasteiger partial charge in [0.05, 0.1) is 25.2 Å². The van der Waals surface area contributed by atoms with E-state index in [0.717, 1.165) is 17.8 Å². The molecule has 0 unspecified atom stereocenters. The molecule has 0 fully saturated rings. The van der Waals surface area contributed by atoms with Crippen LogP contribution in [0.4, 0.5) is 0 Å². The summed E-state index contributed by atoms with van der Waals surface area (Å²) in [5, 5.41) is 9.74. The first-order valence-corrected chi connectivity index (χ1v) is 6.93. The van der Waals surface area contributed by atoms with E-state index >= 15 is 0 Å². The van der Waals surface area contributed by atoms with E-state index in [-0.39, 0.29) is 5.91 Å². The summed E-state index contributed by atoms with van der Waals surface area (Å²) in [6.45, 7) is 2.39. The minimum absolute atomic E-state index is 0.0237. The lowest BCUT2D eigenvalue weighted by atomic mass is 9.78. The molecule has 3 heterocycles. The van der Waals surface area contributed by atoms with Crippen molar-refractivity contribution < 1.29 is 14.5 Å². The van der Waals surface area contributed by atoms with Crippen molar-refractivity contribution in [1.29, 1.82) is 0 Å². The molecule has 0 radical (unpaired) electrons. The summed E-state index contributed by atoms with van der Waals surface area (Å²) >= 11 is 0. The lowest BCUT2D eigenvalue weighted by molar-refractivity contribution is 0.0711. The smallest absolute Gasteiger partial charge is 0.423 e. The van der Waals surface area contributed by atoms with Gasteiger partial charge in [-0.1, -0.05) is 6.07 Å². The van der Waals surface area contributed by atoms with Crippen LogP contribution in [0.2, 0.25) is 0 Å². The number of hydrogen-bond donors (Lipinski definition) is 1. The summed E-state index contributed by atoms with van der Waals surface area (Å²) in [5.74, 6) is -0.0237. The second-order valence-corrected chi connectivity index (χ2v) is 5.38. The molecule has 7 heteroatoms. The SMILES string of the molecule is O=C(c1ccc2c(c1)B(O)OC2)N1CCn2cncc2C1. The number of aromatic nitrogens is 2. The zero-order chi connectivity index (χ0) is 14.4. The van der Waals surface area contributed by atoms with E-state index in [1.165, 1.54) is 0 Å². The minimum atomic E-state index is -0.921. The van der Waals surface area contributed by atoms with Crippen LogP contribution in [0.15, 0.2) is 30.7 Å². The molecule has 0 saturated carbocycles. The third-order valence-corrected chi connectivity index (χ3v) is 4.10. The van der Waals surface area contributed by atoms with Gasteiger partial charge in [-0.3, -0.25) is 4.79 Å². The van der Waals surface area contributed by atoms with Gasteiger partial charge in [-0.05, 0) is 23.2 Å². The lowest BCUT2D eigenvalue weighted by Crippen LogP contribution is -2.38. The lowest BCUT2D eigenvalue weighted by Gasteiger charge is -2.28. The van der Waals surface area contributed by atoms with Crippen molar-refractivity contribution in [1.82, 2.24) is 14.5 Å². The molecule has 1 aromatic heterocycles. The summed E-state index contributed by atoms with van der Waals surface area (Å²) in [6, 6.07) is 5.39. The Morgan fingerprint density at radius 1 is 1.38 bits per heavy atom. The number of carbonyl (C=O) groups is 1. The largest absolute Gasteiger partial charge is 0.491 e. The summed E-state index contributed by atoms with van der Waals surface area (Å²) in [6.07, 6.45) is 3.58. The van der Waals surface area contributed by atoms with Gasteiger partial charge in [-0.2, -0.15) is 0 Å². The predicted octanol–water partition coefficient (Wildman–Crippen LogP) is -0.243. The molecule has 0 saturated heterocycles. The second-order valence-electron chi connectivity index (χ2n) is 5.38. The third kappa shape index (κ3) is 2.05. The Kier molecular flexibility index (Phi) is 2.83. The maximum absolute atomic E-state index is 12.6. The molecule has 0 bridgehead atoms. The molecule has 2 aliphatic heterocycles. The first-order chi connectivity index (χ1) is 10.2. The molecule has 21 heavy (non-hydrogen) atoms. The number of carbonyl (C=O) groups excluding carboxylic acids is 1. The number of amides is 1. The quantitative estimate of drug-likeness (QED) is 0.733. The standard InChI is InChI=1S/C14H14BN3O3/c19-14(17-3-4-18-9-16-6-12(18)7-17)10-1-2-11-8-21-15(20)13(11)5-10/h1-2,5-6,9,20H,3-4,7-8H2. The molecule has 2 aliphatic rings. The fourth-order valence-electron chi connectivity index (χ4n) is 2.89. The predicted molar refractivity (Wildman–Crippen MR) is 75.8 cm³/mol. The molecular weight excluding hydrogens is 269 g/mol. The van der Waals surface area contributed by atoms with Gasteiger partial charge >= 0.3 is 7.12 Å². The summed E-state index contributed by atoms with van der Waals surface area (Å²) < 4.78 is 7.22.